The summed E-state index contributed by atoms with van der Waals surface area (Å²) in [7, 11) is 0. The topological polar surface area (TPSA) is 37.3 Å². The van der Waals surface area contributed by atoms with Crippen LogP contribution in [0, 0.1) is 0 Å². The van der Waals surface area contributed by atoms with Gasteiger partial charge in [-0.15, -0.1) is 0 Å². The van der Waals surface area contributed by atoms with Gasteiger partial charge in [0.1, 0.15) is 0 Å². The van der Waals surface area contributed by atoms with Gasteiger partial charge in [0.2, 0.25) is 0 Å². The number of hydrogen-bond acceptors (Lipinski definition) is 2. The summed E-state index contributed by atoms with van der Waals surface area (Å²) in [6, 6.07) is 7.34. The second-order valence-corrected chi connectivity index (χ2v) is 4.03. The molecule has 0 radical (unpaired) electrons. The maximum Gasteiger partial charge on any atom is 0.162 e. The number of aliphatic hydroxyl groups excluding tert-OH is 1. The third kappa shape index (κ3) is 3.60. The minimum Gasteiger partial charge on any atom is -0.396 e. The highest BCUT2D eigenvalue weighted by Crippen LogP contribution is 2.12. The van der Waals surface area contributed by atoms with Crippen LogP contribution in [0.2, 0.25) is 0 Å². The first-order valence-corrected chi connectivity index (χ1v) is 5.43. The van der Waals surface area contributed by atoms with Gasteiger partial charge in [-0.1, -0.05) is 28.1 Å². The fraction of sp³-hybridized carbons (Fsp3) is 0.364. The zero-order valence-electron chi connectivity index (χ0n) is 7.87. The van der Waals surface area contributed by atoms with Crippen LogP contribution in [0.5, 0.6) is 0 Å². The molecule has 0 saturated carbocycles. The molecule has 0 aromatic heterocycles. The van der Waals surface area contributed by atoms with Crippen LogP contribution < -0.4 is 0 Å². The highest BCUT2D eigenvalue weighted by atomic mass is 79.9. The van der Waals surface area contributed by atoms with Gasteiger partial charge in [0.25, 0.3) is 0 Å². The number of carbonyl (C=O) groups excluding carboxylic acids is 1. The molecule has 0 unspecified atom stereocenters. The van der Waals surface area contributed by atoms with E-state index in [1.807, 2.05) is 24.3 Å². The molecule has 0 aliphatic carbocycles. The van der Waals surface area contributed by atoms with Crippen molar-refractivity contribution in [3.8, 4) is 0 Å². The number of hydrogen-bond donors (Lipinski definition) is 1. The number of rotatable bonds is 5. The Kier molecular flexibility index (Phi) is 4.84. The average Bonchev–Trinajstić information content (AvgIpc) is 2.19. The molecule has 3 heteroatoms. The summed E-state index contributed by atoms with van der Waals surface area (Å²) in [6.07, 6.45) is 1.97. The molecule has 1 N–H and O–H groups in total. The molecule has 14 heavy (non-hydrogen) atoms. The molecule has 0 heterocycles. The minimum absolute atomic E-state index is 0.144. The van der Waals surface area contributed by atoms with E-state index in [1.165, 1.54) is 0 Å². The van der Waals surface area contributed by atoms with E-state index in [1.54, 1.807) is 0 Å². The lowest BCUT2D eigenvalue weighted by Gasteiger charge is -2.00. The maximum atomic E-state index is 11.5. The van der Waals surface area contributed by atoms with Crippen LogP contribution in [0.25, 0.3) is 0 Å². The smallest absolute Gasteiger partial charge is 0.162 e. The zero-order chi connectivity index (χ0) is 10.4. The van der Waals surface area contributed by atoms with Gasteiger partial charge in [-0.05, 0) is 25.0 Å². The normalized spacial score (nSPS) is 10.1. The van der Waals surface area contributed by atoms with E-state index in [2.05, 4.69) is 15.9 Å². The Morgan fingerprint density at radius 3 is 2.43 bits per heavy atom. The average molecular weight is 257 g/mol. The zero-order valence-corrected chi connectivity index (χ0v) is 9.46. The lowest BCUT2D eigenvalue weighted by molar-refractivity contribution is 0.0977. The van der Waals surface area contributed by atoms with Gasteiger partial charge >= 0.3 is 0 Å². The highest BCUT2D eigenvalue weighted by Gasteiger charge is 2.04. The molecule has 1 aromatic carbocycles. The third-order valence-electron chi connectivity index (χ3n) is 1.98. The Labute approximate surface area is 92.1 Å². The lowest BCUT2D eigenvalue weighted by Crippen LogP contribution is -1.99. The van der Waals surface area contributed by atoms with E-state index in [0.717, 1.165) is 16.5 Å². The third-order valence-corrected chi connectivity index (χ3v) is 2.51. The Morgan fingerprint density at radius 2 is 1.86 bits per heavy atom. The Hall–Kier alpha value is -0.670. The van der Waals surface area contributed by atoms with E-state index in [4.69, 9.17) is 5.11 Å². The van der Waals surface area contributed by atoms with Gasteiger partial charge in [-0.2, -0.15) is 0 Å². The molecule has 0 fully saturated rings. The Balaban J connectivity index is 2.48. The standard InChI is InChI=1S/C11H13BrO2/c12-10-6-4-9(5-7-10)11(14)3-1-2-8-13/h4-7,13H,1-3,8H2. The molecular formula is C11H13BrO2. The molecule has 0 aliphatic rings. The van der Waals surface area contributed by atoms with E-state index >= 15 is 0 Å². The van der Waals surface area contributed by atoms with Crippen molar-refractivity contribution in [2.75, 3.05) is 6.61 Å². The van der Waals surface area contributed by atoms with Crippen LogP contribution in [0.4, 0.5) is 0 Å². The summed E-state index contributed by atoms with van der Waals surface area (Å²) in [4.78, 5) is 11.5. The van der Waals surface area contributed by atoms with Crippen LogP contribution in [0.3, 0.4) is 0 Å². The van der Waals surface area contributed by atoms with Crippen LogP contribution in [0.1, 0.15) is 29.6 Å². The van der Waals surface area contributed by atoms with E-state index in [9.17, 15) is 4.79 Å². The van der Waals surface area contributed by atoms with Crippen molar-refractivity contribution in [2.24, 2.45) is 0 Å². The van der Waals surface area contributed by atoms with Gasteiger partial charge in [-0.3, -0.25) is 4.79 Å². The fourth-order valence-corrected chi connectivity index (χ4v) is 1.44. The van der Waals surface area contributed by atoms with Crippen molar-refractivity contribution in [3.05, 3.63) is 34.3 Å². The van der Waals surface area contributed by atoms with E-state index < -0.39 is 0 Å². The molecule has 0 bridgehead atoms. The van der Waals surface area contributed by atoms with Gasteiger partial charge in [0.15, 0.2) is 5.78 Å². The van der Waals surface area contributed by atoms with E-state index in [-0.39, 0.29) is 12.4 Å². The summed E-state index contributed by atoms with van der Waals surface area (Å²) in [5.41, 5.74) is 0.742. The van der Waals surface area contributed by atoms with Crippen molar-refractivity contribution in [1.29, 1.82) is 0 Å². The fourth-order valence-electron chi connectivity index (χ4n) is 1.18. The molecule has 0 spiro atoms. The quantitative estimate of drug-likeness (QED) is 0.650. The molecule has 0 aliphatic heterocycles. The number of benzene rings is 1. The summed E-state index contributed by atoms with van der Waals surface area (Å²) >= 11 is 3.31. The monoisotopic (exact) mass is 256 g/mol. The summed E-state index contributed by atoms with van der Waals surface area (Å²) in [6.45, 7) is 0.160. The molecule has 0 amide bonds. The number of halogens is 1. The highest BCUT2D eigenvalue weighted by molar-refractivity contribution is 9.10. The molecule has 1 aromatic rings. The first-order chi connectivity index (χ1) is 6.74. The van der Waals surface area contributed by atoms with Crippen molar-refractivity contribution < 1.29 is 9.90 Å². The van der Waals surface area contributed by atoms with Crippen LogP contribution in [-0.2, 0) is 0 Å². The van der Waals surface area contributed by atoms with Gasteiger partial charge in [-0.25, -0.2) is 0 Å². The number of carbonyl (C=O) groups is 1. The van der Waals surface area contributed by atoms with Crippen molar-refractivity contribution in [3.63, 3.8) is 0 Å². The second kappa shape index (κ2) is 5.94. The first-order valence-electron chi connectivity index (χ1n) is 4.63. The van der Waals surface area contributed by atoms with Crippen LogP contribution in [0.15, 0.2) is 28.7 Å². The minimum atomic E-state index is 0.144. The second-order valence-electron chi connectivity index (χ2n) is 3.11. The van der Waals surface area contributed by atoms with Crippen molar-refractivity contribution in [1.82, 2.24) is 0 Å². The largest absolute Gasteiger partial charge is 0.396 e. The van der Waals surface area contributed by atoms with Crippen LogP contribution >= 0.6 is 15.9 Å². The number of unbranched alkanes of at least 4 members (excludes halogenated alkanes) is 1. The molecular weight excluding hydrogens is 244 g/mol. The van der Waals surface area contributed by atoms with Crippen molar-refractivity contribution >= 4 is 21.7 Å². The van der Waals surface area contributed by atoms with E-state index in [0.29, 0.717) is 12.8 Å². The Bertz CT molecular complexity index is 293. The SMILES string of the molecule is O=C(CCCCO)c1ccc(Br)cc1. The predicted molar refractivity (Wildman–Crippen MR) is 59.4 cm³/mol. The Morgan fingerprint density at radius 1 is 1.21 bits per heavy atom. The lowest BCUT2D eigenvalue weighted by atomic mass is 10.1. The van der Waals surface area contributed by atoms with Crippen molar-refractivity contribution in [2.45, 2.75) is 19.3 Å². The molecule has 0 saturated heterocycles. The summed E-state index contributed by atoms with van der Waals surface area (Å²) in [5, 5.41) is 8.57. The molecule has 2 nitrogen and oxygen atoms in total. The molecule has 1 rings (SSSR count). The number of ketones is 1. The summed E-state index contributed by atoms with van der Waals surface area (Å²) in [5.74, 6) is 0.144. The first kappa shape index (κ1) is 11.4. The maximum absolute atomic E-state index is 11.5. The number of aliphatic hydroxyl groups is 1. The molecule has 0 atom stereocenters. The number of Topliss-reactive ketones (excluding diaryl/α,β-unsaturated/α-hetero) is 1. The molecule has 76 valence electrons. The van der Waals surface area contributed by atoms with Crippen LogP contribution in [-0.4, -0.2) is 17.5 Å². The van der Waals surface area contributed by atoms with Gasteiger partial charge in [0, 0.05) is 23.1 Å². The van der Waals surface area contributed by atoms with Gasteiger partial charge in [0.05, 0.1) is 0 Å². The summed E-state index contributed by atoms with van der Waals surface area (Å²) < 4.78 is 0.976. The predicted octanol–water partition coefficient (Wildman–Crippen LogP) is 2.79. The van der Waals surface area contributed by atoms with Gasteiger partial charge < -0.3 is 5.11 Å².